The second-order valence-corrected chi connectivity index (χ2v) is 6.40. The quantitative estimate of drug-likeness (QED) is 0.823. The molecular weight excluding hydrogens is 236 g/mol. The van der Waals surface area contributed by atoms with E-state index in [0.717, 1.165) is 37.8 Å². The average molecular weight is 264 g/mol. The minimum absolute atomic E-state index is 0.412. The Morgan fingerprint density at radius 3 is 2.74 bits per heavy atom. The molecule has 0 amide bonds. The highest BCUT2D eigenvalue weighted by Crippen LogP contribution is 2.40. The predicted molar refractivity (Wildman–Crippen MR) is 78.0 cm³/mol. The van der Waals surface area contributed by atoms with Crippen molar-refractivity contribution in [2.75, 3.05) is 13.1 Å². The van der Waals surface area contributed by atoms with Gasteiger partial charge in [0.2, 0.25) is 0 Å². The third kappa shape index (κ3) is 3.78. The van der Waals surface area contributed by atoms with Gasteiger partial charge in [-0.05, 0) is 37.6 Å². The SMILES string of the molecule is CCn1ncnc1CC1(CNCC(C)C)CCCC1. The summed E-state index contributed by atoms with van der Waals surface area (Å²) < 4.78 is 2.04. The van der Waals surface area contributed by atoms with Crippen LogP contribution in [-0.4, -0.2) is 27.9 Å². The van der Waals surface area contributed by atoms with Gasteiger partial charge < -0.3 is 5.32 Å². The van der Waals surface area contributed by atoms with Crippen LogP contribution in [0.25, 0.3) is 0 Å². The molecule has 1 aromatic rings. The van der Waals surface area contributed by atoms with E-state index < -0.39 is 0 Å². The van der Waals surface area contributed by atoms with Crippen molar-refractivity contribution in [2.24, 2.45) is 11.3 Å². The van der Waals surface area contributed by atoms with Gasteiger partial charge in [0.25, 0.3) is 0 Å². The largest absolute Gasteiger partial charge is 0.316 e. The zero-order chi connectivity index (χ0) is 13.7. The third-order valence-corrected chi connectivity index (χ3v) is 4.25. The number of hydrogen-bond acceptors (Lipinski definition) is 3. The Hall–Kier alpha value is -0.900. The second-order valence-electron chi connectivity index (χ2n) is 6.40. The summed E-state index contributed by atoms with van der Waals surface area (Å²) >= 11 is 0. The summed E-state index contributed by atoms with van der Waals surface area (Å²) in [6, 6.07) is 0. The van der Waals surface area contributed by atoms with Gasteiger partial charge in [0.1, 0.15) is 12.2 Å². The van der Waals surface area contributed by atoms with Crippen molar-refractivity contribution in [1.29, 1.82) is 0 Å². The van der Waals surface area contributed by atoms with Gasteiger partial charge >= 0.3 is 0 Å². The Kier molecular flexibility index (Phi) is 4.97. The highest BCUT2D eigenvalue weighted by atomic mass is 15.3. The van der Waals surface area contributed by atoms with Crippen LogP contribution in [0.2, 0.25) is 0 Å². The van der Waals surface area contributed by atoms with Crippen molar-refractivity contribution >= 4 is 0 Å². The molecule has 1 fully saturated rings. The van der Waals surface area contributed by atoms with Crippen molar-refractivity contribution in [2.45, 2.75) is 59.4 Å². The van der Waals surface area contributed by atoms with Crippen LogP contribution in [0, 0.1) is 11.3 Å². The highest BCUT2D eigenvalue weighted by Gasteiger charge is 2.35. The molecule has 4 heteroatoms. The van der Waals surface area contributed by atoms with E-state index in [1.54, 1.807) is 6.33 Å². The maximum atomic E-state index is 4.46. The summed E-state index contributed by atoms with van der Waals surface area (Å²) in [5.41, 5.74) is 0.412. The monoisotopic (exact) mass is 264 g/mol. The lowest BCUT2D eigenvalue weighted by molar-refractivity contribution is 0.263. The van der Waals surface area contributed by atoms with Crippen molar-refractivity contribution in [1.82, 2.24) is 20.1 Å². The molecular formula is C15H28N4. The fourth-order valence-electron chi connectivity index (χ4n) is 3.19. The van der Waals surface area contributed by atoms with Crippen LogP contribution >= 0.6 is 0 Å². The molecule has 2 rings (SSSR count). The molecule has 0 saturated heterocycles. The van der Waals surface area contributed by atoms with Gasteiger partial charge in [0.05, 0.1) is 0 Å². The molecule has 0 bridgehead atoms. The van der Waals surface area contributed by atoms with Crippen LogP contribution < -0.4 is 5.32 Å². The lowest BCUT2D eigenvalue weighted by Gasteiger charge is -2.29. The van der Waals surface area contributed by atoms with Crippen molar-refractivity contribution in [3.05, 3.63) is 12.2 Å². The van der Waals surface area contributed by atoms with E-state index in [-0.39, 0.29) is 0 Å². The molecule has 108 valence electrons. The summed E-state index contributed by atoms with van der Waals surface area (Å²) in [5, 5.41) is 7.96. The molecule has 1 saturated carbocycles. The van der Waals surface area contributed by atoms with Crippen molar-refractivity contribution < 1.29 is 0 Å². The lowest BCUT2D eigenvalue weighted by Crippen LogP contribution is -2.36. The molecule has 19 heavy (non-hydrogen) atoms. The Bertz CT molecular complexity index is 377. The van der Waals surface area contributed by atoms with Gasteiger partial charge in [-0.15, -0.1) is 0 Å². The molecule has 0 atom stereocenters. The number of rotatable bonds is 7. The van der Waals surface area contributed by atoms with Crippen LogP contribution in [-0.2, 0) is 13.0 Å². The standard InChI is InChI=1S/C15H28N4/c1-4-19-14(17-12-18-19)9-15(7-5-6-8-15)11-16-10-13(2)3/h12-13,16H,4-11H2,1-3H3. The smallest absolute Gasteiger partial charge is 0.138 e. The van der Waals surface area contributed by atoms with Crippen molar-refractivity contribution in [3.8, 4) is 0 Å². The van der Waals surface area contributed by atoms with E-state index in [0.29, 0.717) is 5.41 Å². The normalized spacial score (nSPS) is 18.3. The molecule has 1 aromatic heterocycles. The van der Waals surface area contributed by atoms with E-state index >= 15 is 0 Å². The van der Waals surface area contributed by atoms with Crippen LogP contribution in [0.1, 0.15) is 52.3 Å². The Balaban J connectivity index is 1.99. The van der Waals surface area contributed by atoms with E-state index in [4.69, 9.17) is 0 Å². The van der Waals surface area contributed by atoms with Crippen molar-refractivity contribution in [3.63, 3.8) is 0 Å². The average Bonchev–Trinajstić information content (AvgIpc) is 2.99. The third-order valence-electron chi connectivity index (χ3n) is 4.25. The van der Waals surface area contributed by atoms with E-state index in [1.807, 2.05) is 4.68 Å². The lowest BCUT2D eigenvalue weighted by atomic mass is 9.82. The first-order valence-corrected chi connectivity index (χ1v) is 7.72. The second kappa shape index (κ2) is 6.51. The molecule has 0 radical (unpaired) electrons. The molecule has 0 unspecified atom stereocenters. The zero-order valence-electron chi connectivity index (χ0n) is 12.7. The molecule has 1 aliphatic rings. The zero-order valence-corrected chi connectivity index (χ0v) is 12.7. The number of aryl methyl sites for hydroxylation is 1. The number of aromatic nitrogens is 3. The molecule has 0 spiro atoms. The van der Waals surface area contributed by atoms with Crippen LogP contribution in [0.3, 0.4) is 0 Å². The van der Waals surface area contributed by atoms with Gasteiger partial charge in [-0.2, -0.15) is 5.10 Å². The maximum Gasteiger partial charge on any atom is 0.138 e. The summed E-state index contributed by atoms with van der Waals surface area (Å²) in [4.78, 5) is 4.46. The Morgan fingerprint density at radius 2 is 2.11 bits per heavy atom. The highest BCUT2D eigenvalue weighted by molar-refractivity contribution is 4.97. The molecule has 1 aliphatic carbocycles. The fraction of sp³-hybridized carbons (Fsp3) is 0.867. The first kappa shape index (κ1) is 14.5. The van der Waals surface area contributed by atoms with E-state index in [2.05, 4.69) is 36.2 Å². The summed E-state index contributed by atoms with van der Waals surface area (Å²) in [6.07, 6.45) is 8.16. The number of nitrogens with zero attached hydrogens (tertiary/aromatic N) is 3. The van der Waals surface area contributed by atoms with Gasteiger partial charge in [-0.3, -0.25) is 4.68 Å². The molecule has 1 N–H and O–H groups in total. The minimum Gasteiger partial charge on any atom is -0.316 e. The predicted octanol–water partition coefficient (Wildman–Crippen LogP) is 2.65. The van der Waals surface area contributed by atoms with Gasteiger partial charge in [0.15, 0.2) is 0 Å². The minimum atomic E-state index is 0.412. The number of nitrogens with one attached hydrogen (secondary N) is 1. The summed E-state index contributed by atoms with van der Waals surface area (Å²) in [7, 11) is 0. The topological polar surface area (TPSA) is 42.7 Å². The van der Waals surface area contributed by atoms with E-state index in [9.17, 15) is 0 Å². The van der Waals surface area contributed by atoms with Crippen LogP contribution in [0.5, 0.6) is 0 Å². The van der Waals surface area contributed by atoms with E-state index in [1.165, 1.54) is 25.7 Å². The molecule has 0 aromatic carbocycles. The summed E-state index contributed by atoms with van der Waals surface area (Å²) in [5.74, 6) is 1.88. The van der Waals surface area contributed by atoms with Gasteiger partial charge in [-0.25, -0.2) is 4.98 Å². The van der Waals surface area contributed by atoms with Crippen LogP contribution in [0.15, 0.2) is 6.33 Å². The maximum absolute atomic E-state index is 4.46. The first-order chi connectivity index (χ1) is 9.15. The van der Waals surface area contributed by atoms with Crippen LogP contribution in [0.4, 0.5) is 0 Å². The first-order valence-electron chi connectivity index (χ1n) is 7.72. The van der Waals surface area contributed by atoms with Gasteiger partial charge in [0, 0.05) is 19.5 Å². The number of hydrogen-bond donors (Lipinski definition) is 1. The molecule has 1 heterocycles. The Morgan fingerprint density at radius 1 is 1.37 bits per heavy atom. The summed E-state index contributed by atoms with van der Waals surface area (Å²) in [6.45, 7) is 9.83. The fourth-order valence-corrected chi connectivity index (χ4v) is 3.19. The Labute approximate surface area is 117 Å². The van der Waals surface area contributed by atoms with Gasteiger partial charge in [-0.1, -0.05) is 26.7 Å². The molecule has 0 aliphatic heterocycles. The molecule has 4 nitrogen and oxygen atoms in total.